The molecule has 0 fully saturated rings. The number of hydrogen-bond donors (Lipinski definition) is 2. The van der Waals surface area contributed by atoms with Gasteiger partial charge in [-0.3, -0.25) is 4.90 Å². The van der Waals surface area contributed by atoms with E-state index in [1.54, 1.807) is 0 Å². The predicted molar refractivity (Wildman–Crippen MR) is 55.0 cm³/mol. The summed E-state index contributed by atoms with van der Waals surface area (Å²) in [4.78, 5) is 2.18. The highest BCUT2D eigenvalue weighted by atomic mass is 16.4. The van der Waals surface area contributed by atoms with Gasteiger partial charge < -0.3 is 10.9 Å². The van der Waals surface area contributed by atoms with Gasteiger partial charge in [-0.2, -0.15) is 0 Å². The lowest BCUT2D eigenvalue weighted by Crippen LogP contribution is -2.44. The number of oxime groups is 1. The third kappa shape index (κ3) is 4.12. The Morgan fingerprint density at radius 2 is 2.00 bits per heavy atom. The van der Waals surface area contributed by atoms with Crippen LogP contribution in [0.1, 0.15) is 27.7 Å². The lowest BCUT2D eigenvalue weighted by atomic mass is 10.1. The molecule has 0 amide bonds. The molecular weight excluding hydrogens is 166 g/mol. The Bertz CT molecular complexity index is 168. The first-order valence-electron chi connectivity index (χ1n) is 4.74. The molecule has 0 saturated carbocycles. The number of likely N-dealkylation sites (N-methyl/N-ethyl adjacent to an activating group) is 1. The van der Waals surface area contributed by atoms with Crippen molar-refractivity contribution < 1.29 is 5.21 Å². The lowest BCUT2D eigenvalue weighted by Gasteiger charge is -2.28. The zero-order valence-corrected chi connectivity index (χ0v) is 8.99. The molecule has 0 aliphatic carbocycles. The Morgan fingerprint density at radius 3 is 2.31 bits per heavy atom. The van der Waals surface area contributed by atoms with Crippen molar-refractivity contribution in [3.63, 3.8) is 0 Å². The van der Waals surface area contributed by atoms with Crippen LogP contribution in [0.5, 0.6) is 0 Å². The average Bonchev–Trinajstić information content (AvgIpc) is 2.11. The van der Waals surface area contributed by atoms with E-state index in [0.717, 1.165) is 13.1 Å². The van der Waals surface area contributed by atoms with E-state index in [-0.39, 0.29) is 11.9 Å². The monoisotopic (exact) mass is 187 g/mol. The Kier molecular flexibility index (Phi) is 5.46. The van der Waals surface area contributed by atoms with Crippen molar-refractivity contribution in [3.05, 3.63) is 0 Å². The van der Waals surface area contributed by atoms with E-state index in [9.17, 15) is 0 Å². The van der Waals surface area contributed by atoms with Crippen molar-refractivity contribution in [1.82, 2.24) is 4.90 Å². The molecule has 78 valence electrons. The maximum Gasteiger partial charge on any atom is 0.156 e. The van der Waals surface area contributed by atoms with E-state index in [1.165, 1.54) is 0 Å². The van der Waals surface area contributed by atoms with Gasteiger partial charge in [-0.1, -0.05) is 25.9 Å². The highest BCUT2D eigenvalue weighted by Crippen LogP contribution is 2.03. The van der Waals surface area contributed by atoms with Crippen molar-refractivity contribution in [3.8, 4) is 0 Å². The molecule has 3 N–H and O–H groups in total. The molecule has 0 bridgehead atoms. The van der Waals surface area contributed by atoms with Gasteiger partial charge in [0.15, 0.2) is 5.84 Å². The van der Waals surface area contributed by atoms with Crippen molar-refractivity contribution in [2.75, 3.05) is 13.1 Å². The summed E-state index contributed by atoms with van der Waals surface area (Å²) < 4.78 is 0. The number of amidine groups is 1. The second-order valence-corrected chi connectivity index (χ2v) is 3.68. The molecule has 0 radical (unpaired) electrons. The molecule has 0 aliphatic heterocycles. The van der Waals surface area contributed by atoms with Gasteiger partial charge >= 0.3 is 0 Å². The summed E-state index contributed by atoms with van der Waals surface area (Å²) in [5.74, 6) is 0.872. The molecule has 0 aliphatic rings. The maximum atomic E-state index is 8.52. The van der Waals surface area contributed by atoms with Crippen molar-refractivity contribution in [1.29, 1.82) is 0 Å². The fourth-order valence-corrected chi connectivity index (χ4v) is 1.30. The van der Waals surface area contributed by atoms with Crippen molar-refractivity contribution >= 4 is 5.84 Å². The summed E-state index contributed by atoms with van der Waals surface area (Å²) in [6, 6.07) is 0.0115. The Hall–Kier alpha value is -0.770. The van der Waals surface area contributed by atoms with Crippen LogP contribution in [0.3, 0.4) is 0 Å². The molecule has 0 aromatic heterocycles. The van der Waals surface area contributed by atoms with Gasteiger partial charge in [0.1, 0.15) is 0 Å². The third-order valence-corrected chi connectivity index (χ3v) is 2.10. The number of nitrogens with zero attached hydrogens (tertiary/aromatic N) is 2. The first-order valence-corrected chi connectivity index (χ1v) is 4.74. The highest BCUT2D eigenvalue weighted by Gasteiger charge is 2.16. The molecule has 0 saturated heterocycles. The second kappa shape index (κ2) is 5.80. The molecule has 0 rings (SSSR count). The maximum absolute atomic E-state index is 8.52. The molecule has 0 heterocycles. The molecule has 0 aromatic rings. The van der Waals surface area contributed by atoms with Gasteiger partial charge in [0.2, 0.25) is 0 Å². The van der Waals surface area contributed by atoms with Crippen molar-refractivity contribution in [2.24, 2.45) is 16.8 Å². The summed E-state index contributed by atoms with van der Waals surface area (Å²) in [5.41, 5.74) is 5.53. The molecule has 1 atom stereocenters. The summed E-state index contributed by atoms with van der Waals surface area (Å²) in [6.07, 6.45) is 0. The minimum absolute atomic E-state index is 0.0115. The van der Waals surface area contributed by atoms with Crippen LogP contribution in [0.2, 0.25) is 0 Å². The smallest absolute Gasteiger partial charge is 0.156 e. The number of hydrogen-bond acceptors (Lipinski definition) is 3. The van der Waals surface area contributed by atoms with Crippen LogP contribution in [0.25, 0.3) is 0 Å². The van der Waals surface area contributed by atoms with Crippen LogP contribution in [0, 0.1) is 5.92 Å². The fourth-order valence-electron chi connectivity index (χ4n) is 1.30. The first kappa shape index (κ1) is 12.2. The van der Waals surface area contributed by atoms with Crippen LogP contribution >= 0.6 is 0 Å². The van der Waals surface area contributed by atoms with Crippen LogP contribution in [-0.4, -0.2) is 35.1 Å². The largest absolute Gasteiger partial charge is 0.409 e. The lowest BCUT2D eigenvalue weighted by molar-refractivity contribution is 0.229. The number of rotatable bonds is 5. The molecule has 13 heavy (non-hydrogen) atoms. The summed E-state index contributed by atoms with van der Waals surface area (Å²) in [7, 11) is 0. The summed E-state index contributed by atoms with van der Waals surface area (Å²) in [5, 5.41) is 11.5. The van der Waals surface area contributed by atoms with E-state index in [1.807, 2.05) is 6.92 Å². The minimum atomic E-state index is 0.0115. The topological polar surface area (TPSA) is 61.8 Å². The summed E-state index contributed by atoms with van der Waals surface area (Å²) in [6.45, 7) is 10.2. The predicted octanol–water partition coefficient (Wildman–Crippen LogP) is 1.10. The van der Waals surface area contributed by atoms with E-state index in [0.29, 0.717) is 5.92 Å². The zero-order valence-electron chi connectivity index (χ0n) is 8.99. The minimum Gasteiger partial charge on any atom is -0.409 e. The van der Waals surface area contributed by atoms with E-state index >= 15 is 0 Å². The third-order valence-electron chi connectivity index (χ3n) is 2.10. The van der Waals surface area contributed by atoms with E-state index in [4.69, 9.17) is 10.9 Å². The van der Waals surface area contributed by atoms with Gasteiger partial charge in [0.05, 0.1) is 6.04 Å². The first-order chi connectivity index (χ1) is 6.02. The summed E-state index contributed by atoms with van der Waals surface area (Å²) >= 11 is 0. The van der Waals surface area contributed by atoms with Crippen molar-refractivity contribution in [2.45, 2.75) is 33.7 Å². The Morgan fingerprint density at radius 1 is 1.46 bits per heavy atom. The zero-order chi connectivity index (χ0) is 10.4. The average molecular weight is 187 g/mol. The van der Waals surface area contributed by atoms with Crippen LogP contribution in [0.4, 0.5) is 0 Å². The molecular formula is C9H21N3O. The van der Waals surface area contributed by atoms with Gasteiger partial charge in [0.25, 0.3) is 0 Å². The van der Waals surface area contributed by atoms with Gasteiger partial charge in [0, 0.05) is 6.54 Å². The van der Waals surface area contributed by atoms with Gasteiger partial charge in [-0.05, 0) is 19.4 Å². The van der Waals surface area contributed by atoms with Crippen LogP contribution < -0.4 is 5.73 Å². The Labute approximate surface area is 80.4 Å². The molecule has 0 aromatic carbocycles. The second-order valence-electron chi connectivity index (χ2n) is 3.68. The van der Waals surface area contributed by atoms with E-state index in [2.05, 4.69) is 30.8 Å². The van der Waals surface area contributed by atoms with Gasteiger partial charge in [-0.15, -0.1) is 0 Å². The normalized spacial score (nSPS) is 15.4. The highest BCUT2D eigenvalue weighted by molar-refractivity contribution is 5.84. The SMILES string of the molecule is CCN(CC(C)C)C(C)C(N)=NO. The number of nitrogens with two attached hydrogens (primary N) is 1. The molecule has 4 heteroatoms. The van der Waals surface area contributed by atoms with Crippen LogP contribution in [0.15, 0.2) is 5.16 Å². The standard InChI is InChI=1S/C9H21N3O/c1-5-12(6-7(2)3)8(4)9(10)11-13/h7-8,13H,5-6H2,1-4H3,(H2,10,11). The van der Waals surface area contributed by atoms with Crippen LogP contribution in [-0.2, 0) is 0 Å². The van der Waals surface area contributed by atoms with E-state index < -0.39 is 0 Å². The Balaban J connectivity index is 4.22. The fraction of sp³-hybridized carbons (Fsp3) is 0.889. The molecule has 0 spiro atoms. The van der Waals surface area contributed by atoms with Gasteiger partial charge in [-0.25, -0.2) is 0 Å². The quantitative estimate of drug-likeness (QED) is 0.293. The molecule has 4 nitrogen and oxygen atoms in total. The molecule has 1 unspecified atom stereocenters.